The van der Waals surface area contributed by atoms with Crippen LogP contribution in [0.5, 0.6) is 0 Å². The summed E-state index contributed by atoms with van der Waals surface area (Å²) in [5, 5.41) is 0.573. The van der Waals surface area contributed by atoms with Gasteiger partial charge in [0.25, 0.3) is 0 Å². The van der Waals surface area contributed by atoms with Crippen LogP contribution in [0.15, 0.2) is 0 Å². The Bertz CT molecular complexity index is 224. The molecule has 0 aromatic heterocycles. The Morgan fingerprint density at radius 1 is 1.36 bits per heavy atom. The van der Waals surface area contributed by atoms with E-state index in [1.165, 1.54) is 19.3 Å². The number of unbranched alkanes of at least 4 members (excludes halogenated alkanes) is 1. The highest BCUT2D eigenvalue weighted by molar-refractivity contribution is 7.99. The van der Waals surface area contributed by atoms with E-state index in [0.29, 0.717) is 11.7 Å². The molecule has 0 radical (unpaired) electrons. The van der Waals surface area contributed by atoms with Crippen LogP contribution in [-0.2, 0) is 10.1 Å². The largest absolute Gasteiger partial charge is 0.748 e. The first-order valence-corrected chi connectivity index (χ1v) is 7.63. The molecular formula is C9H19O3S2-. The van der Waals surface area contributed by atoms with E-state index in [9.17, 15) is 13.0 Å². The van der Waals surface area contributed by atoms with Crippen molar-refractivity contribution >= 4 is 21.9 Å². The second-order valence-electron chi connectivity index (χ2n) is 3.44. The fourth-order valence-electron chi connectivity index (χ4n) is 1.10. The van der Waals surface area contributed by atoms with Crippen molar-refractivity contribution in [3.05, 3.63) is 0 Å². The number of hydrogen-bond acceptors (Lipinski definition) is 4. The van der Waals surface area contributed by atoms with Crippen molar-refractivity contribution in [3.63, 3.8) is 0 Å². The molecular weight excluding hydrogens is 220 g/mol. The van der Waals surface area contributed by atoms with Crippen molar-refractivity contribution in [1.29, 1.82) is 0 Å². The first-order valence-electron chi connectivity index (χ1n) is 5.01. The van der Waals surface area contributed by atoms with Gasteiger partial charge in [0.05, 0.1) is 10.1 Å². The van der Waals surface area contributed by atoms with E-state index in [2.05, 4.69) is 13.8 Å². The Balaban J connectivity index is 3.36. The maximum absolute atomic E-state index is 10.3. The molecule has 0 spiro atoms. The molecule has 5 heteroatoms. The molecule has 0 N–H and O–H groups in total. The van der Waals surface area contributed by atoms with Crippen LogP contribution >= 0.6 is 11.8 Å². The molecule has 0 aromatic rings. The number of thioether (sulfide) groups is 1. The van der Waals surface area contributed by atoms with Gasteiger partial charge in [-0.05, 0) is 18.6 Å². The van der Waals surface area contributed by atoms with Crippen LogP contribution < -0.4 is 0 Å². The van der Waals surface area contributed by atoms with Gasteiger partial charge in [-0.15, -0.1) is 0 Å². The zero-order chi connectivity index (χ0) is 11.0. The molecule has 86 valence electrons. The molecule has 0 amide bonds. The third kappa shape index (κ3) is 10.3. The van der Waals surface area contributed by atoms with E-state index in [4.69, 9.17) is 0 Å². The minimum Gasteiger partial charge on any atom is -0.748 e. The third-order valence-electron chi connectivity index (χ3n) is 1.91. The van der Waals surface area contributed by atoms with Crippen LogP contribution in [0.1, 0.15) is 39.5 Å². The molecule has 0 aromatic carbocycles. The minimum absolute atomic E-state index is 0.222. The van der Waals surface area contributed by atoms with Gasteiger partial charge in [0, 0.05) is 11.0 Å². The topological polar surface area (TPSA) is 57.2 Å². The predicted molar refractivity (Wildman–Crippen MR) is 60.6 cm³/mol. The van der Waals surface area contributed by atoms with Crippen molar-refractivity contribution in [2.45, 2.75) is 44.8 Å². The lowest BCUT2D eigenvalue weighted by Crippen LogP contribution is -2.06. The van der Waals surface area contributed by atoms with Crippen LogP contribution in [0.2, 0.25) is 0 Å². The van der Waals surface area contributed by atoms with Crippen LogP contribution in [0.3, 0.4) is 0 Å². The molecule has 0 bridgehead atoms. The second kappa shape index (κ2) is 7.54. The van der Waals surface area contributed by atoms with Crippen molar-refractivity contribution in [2.75, 3.05) is 11.5 Å². The average Bonchev–Trinajstić information content (AvgIpc) is 2.07. The molecule has 0 aliphatic rings. The summed E-state index contributed by atoms with van der Waals surface area (Å²) in [5.74, 6) is 0.548. The maximum Gasteiger partial charge on any atom is 0.0946 e. The highest BCUT2D eigenvalue weighted by Crippen LogP contribution is 2.17. The molecule has 1 atom stereocenters. The van der Waals surface area contributed by atoms with Crippen molar-refractivity contribution in [3.8, 4) is 0 Å². The molecule has 0 fully saturated rings. The van der Waals surface area contributed by atoms with Gasteiger partial charge in [-0.25, -0.2) is 8.42 Å². The Labute approximate surface area is 91.4 Å². The van der Waals surface area contributed by atoms with Gasteiger partial charge in [-0.3, -0.25) is 0 Å². The van der Waals surface area contributed by atoms with E-state index < -0.39 is 10.1 Å². The van der Waals surface area contributed by atoms with Gasteiger partial charge in [0.1, 0.15) is 0 Å². The molecule has 14 heavy (non-hydrogen) atoms. The zero-order valence-electron chi connectivity index (χ0n) is 8.86. The summed E-state index contributed by atoms with van der Waals surface area (Å²) in [6.07, 6.45) is 4.06. The van der Waals surface area contributed by atoms with E-state index in [1.807, 2.05) is 0 Å². The first kappa shape index (κ1) is 14.3. The minimum atomic E-state index is -4.00. The second-order valence-corrected chi connectivity index (χ2v) is 6.51. The lowest BCUT2D eigenvalue weighted by atomic mass is 10.2. The van der Waals surface area contributed by atoms with Crippen molar-refractivity contribution in [1.82, 2.24) is 0 Å². The fourth-order valence-corrected chi connectivity index (χ4v) is 2.82. The van der Waals surface area contributed by atoms with Gasteiger partial charge in [-0.2, -0.15) is 11.8 Å². The van der Waals surface area contributed by atoms with Crippen molar-refractivity contribution in [2.24, 2.45) is 0 Å². The summed E-state index contributed by atoms with van der Waals surface area (Å²) in [6, 6.07) is 0. The van der Waals surface area contributed by atoms with Gasteiger partial charge < -0.3 is 4.55 Å². The predicted octanol–water partition coefficient (Wildman–Crippen LogP) is 2.23. The fraction of sp³-hybridized carbons (Fsp3) is 1.00. The summed E-state index contributed by atoms with van der Waals surface area (Å²) in [7, 11) is -4.00. The summed E-state index contributed by atoms with van der Waals surface area (Å²) in [4.78, 5) is 0. The Hall–Kier alpha value is 0.260. The monoisotopic (exact) mass is 239 g/mol. The lowest BCUT2D eigenvalue weighted by Gasteiger charge is -2.11. The highest BCUT2D eigenvalue weighted by Gasteiger charge is 2.02. The molecule has 0 aliphatic carbocycles. The van der Waals surface area contributed by atoms with Crippen LogP contribution in [-0.4, -0.2) is 29.7 Å². The highest BCUT2D eigenvalue weighted by atomic mass is 32.2. The summed E-state index contributed by atoms with van der Waals surface area (Å²) < 4.78 is 30.8. The Kier molecular flexibility index (Phi) is 7.68. The van der Waals surface area contributed by atoms with Gasteiger partial charge >= 0.3 is 0 Å². The number of rotatable bonds is 8. The SMILES string of the molecule is CCCCC(C)SCCCS(=O)(=O)[O-]. The van der Waals surface area contributed by atoms with Crippen LogP contribution in [0.25, 0.3) is 0 Å². The summed E-state index contributed by atoms with van der Waals surface area (Å²) in [5.41, 5.74) is 0. The maximum atomic E-state index is 10.3. The van der Waals surface area contributed by atoms with Crippen LogP contribution in [0.4, 0.5) is 0 Å². The van der Waals surface area contributed by atoms with E-state index >= 15 is 0 Å². The first-order chi connectivity index (χ1) is 6.45. The quantitative estimate of drug-likeness (QED) is 0.481. The molecule has 0 saturated heterocycles. The average molecular weight is 239 g/mol. The normalized spacial score (nSPS) is 14.2. The van der Waals surface area contributed by atoms with Gasteiger partial charge in [0.15, 0.2) is 0 Å². The molecule has 0 heterocycles. The lowest BCUT2D eigenvalue weighted by molar-refractivity contribution is 0.462. The Morgan fingerprint density at radius 2 is 2.00 bits per heavy atom. The molecule has 1 unspecified atom stereocenters. The zero-order valence-corrected chi connectivity index (χ0v) is 10.5. The van der Waals surface area contributed by atoms with E-state index in [0.717, 1.165) is 5.75 Å². The summed E-state index contributed by atoms with van der Waals surface area (Å²) in [6.45, 7) is 4.30. The summed E-state index contributed by atoms with van der Waals surface area (Å²) >= 11 is 1.75. The van der Waals surface area contributed by atoms with E-state index in [-0.39, 0.29) is 5.75 Å². The smallest absolute Gasteiger partial charge is 0.0946 e. The standard InChI is InChI=1S/C9H20O3S2/c1-3-4-6-9(2)13-7-5-8-14(10,11)12/h9H,3-8H2,1-2H3,(H,10,11,12)/p-1. The third-order valence-corrected chi connectivity index (χ3v) is 4.02. The molecule has 0 rings (SSSR count). The van der Waals surface area contributed by atoms with Crippen molar-refractivity contribution < 1.29 is 13.0 Å². The van der Waals surface area contributed by atoms with E-state index in [1.54, 1.807) is 11.8 Å². The van der Waals surface area contributed by atoms with Gasteiger partial charge in [0.2, 0.25) is 0 Å². The molecule has 3 nitrogen and oxygen atoms in total. The van der Waals surface area contributed by atoms with Gasteiger partial charge in [-0.1, -0.05) is 26.7 Å². The molecule has 0 aliphatic heterocycles. The molecule has 0 saturated carbocycles. The number of hydrogen-bond donors (Lipinski definition) is 0. The van der Waals surface area contributed by atoms with Crippen LogP contribution in [0, 0.1) is 0 Å². The Morgan fingerprint density at radius 3 is 2.50 bits per heavy atom.